The first kappa shape index (κ1) is 37.7. The van der Waals surface area contributed by atoms with Crippen LogP contribution in [0.1, 0.15) is 67.2 Å². The van der Waals surface area contributed by atoms with Gasteiger partial charge in [-0.1, -0.05) is 44.2 Å². The number of nitrogens with one attached hydrogen (secondary N) is 3. The van der Waals surface area contributed by atoms with Gasteiger partial charge in [-0.25, -0.2) is 4.98 Å². The number of aryl methyl sites for hydroxylation is 2. The summed E-state index contributed by atoms with van der Waals surface area (Å²) in [6, 6.07) is 7.14. The molecule has 0 saturated carbocycles. The predicted octanol–water partition coefficient (Wildman–Crippen LogP) is 0.775. The number of carbonyl (C=O) groups excluding carboxylic acids is 5. The van der Waals surface area contributed by atoms with Gasteiger partial charge in [0.1, 0.15) is 35.9 Å². The minimum absolute atomic E-state index is 0.00737. The first-order chi connectivity index (χ1) is 24.4. The number of fused-ring (bicyclic) bond motifs is 3. The van der Waals surface area contributed by atoms with Crippen molar-refractivity contribution in [1.29, 1.82) is 0 Å². The molecule has 5 rings (SSSR count). The molecule has 14 heteroatoms. The summed E-state index contributed by atoms with van der Waals surface area (Å²) >= 11 is 0. The first-order valence-electron chi connectivity index (χ1n) is 17.7. The Kier molecular flexibility index (Phi) is 12.3. The summed E-state index contributed by atoms with van der Waals surface area (Å²) in [6.07, 6.45) is 0.894. The van der Waals surface area contributed by atoms with Gasteiger partial charge in [-0.2, -0.15) is 0 Å². The number of hydrogen-bond donors (Lipinski definition) is 4. The smallest absolute Gasteiger partial charge is 0.259 e. The molecule has 0 unspecified atom stereocenters. The molecule has 2 bridgehead atoms. The lowest BCUT2D eigenvalue weighted by atomic mass is 9.97. The third-order valence-electron chi connectivity index (χ3n) is 9.91. The van der Waals surface area contributed by atoms with Crippen LogP contribution < -0.4 is 20.7 Å². The molecule has 3 heterocycles. The summed E-state index contributed by atoms with van der Waals surface area (Å²) in [4.78, 5) is 76.5. The zero-order valence-electron chi connectivity index (χ0n) is 30.0. The highest BCUT2D eigenvalue weighted by Crippen LogP contribution is 2.28. The zero-order chi connectivity index (χ0) is 36.8. The molecular formula is C37H50N6O8. The maximum absolute atomic E-state index is 14.3. The molecule has 3 aliphatic rings. The number of methoxy groups -OCH3 is 1. The van der Waals surface area contributed by atoms with Gasteiger partial charge in [-0.3, -0.25) is 24.0 Å². The van der Waals surface area contributed by atoms with Crippen LogP contribution in [0.3, 0.4) is 0 Å². The van der Waals surface area contributed by atoms with E-state index in [0.717, 1.165) is 36.1 Å². The number of pyridine rings is 1. The summed E-state index contributed by atoms with van der Waals surface area (Å²) < 4.78 is 11.5. The Morgan fingerprint density at radius 3 is 2.51 bits per heavy atom. The van der Waals surface area contributed by atoms with Crippen LogP contribution in [0.5, 0.6) is 5.88 Å². The van der Waals surface area contributed by atoms with Gasteiger partial charge in [-0.05, 0) is 62.1 Å². The molecule has 276 valence electrons. The van der Waals surface area contributed by atoms with Crippen LogP contribution in [0, 0.1) is 5.92 Å². The molecule has 2 aliphatic heterocycles. The van der Waals surface area contributed by atoms with Crippen LogP contribution in [0.2, 0.25) is 0 Å². The second kappa shape index (κ2) is 16.6. The number of aliphatic hydroxyl groups is 1. The second-order valence-corrected chi connectivity index (χ2v) is 14.1. The van der Waals surface area contributed by atoms with E-state index in [9.17, 15) is 29.1 Å². The number of aliphatic hydroxyl groups excluding tert-OH is 1. The molecule has 2 saturated heterocycles. The van der Waals surface area contributed by atoms with Crippen molar-refractivity contribution in [1.82, 2.24) is 30.7 Å². The number of carbonyl (C=O) groups is 5. The summed E-state index contributed by atoms with van der Waals surface area (Å²) in [5.41, 5.74) is 2.76. The van der Waals surface area contributed by atoms with Crippen molar-refractivity contribution < 1.29 is 38.6 Å². The molecule has 1 aromatic carbocycles. The van der Waals surface area contributed by atoms with Gasteiger partial charge in [0, 0.05) is 25.8 Å². The van der Waals surface area contributed by atoms with Crippen molar-refractivity contribution in [2.75, 3.05) is 33.9 Å². The molecular weight excluding hydrogens is 656 g/mol. The van der Waals surface area contributed by atoms with Gasteiger partial charge in [0.05, 0.1) is 26.2 Å². The first-order valence-corrected chi connectivity index (χ1v) is 17.7. The molecule has 14 nitrogen and oxygen atoms in total. The normalized spacial score (nSPS) is 26.6. The summed E-state index contributed by atoms with van der Waals surface area (Å²) in [6.45, 7) is 4.86. The number of amides is 5. The highest BCUT2D eigenvalue weighted by Gasteiger charge is 2.39. The van der Waals surface area contributed by atoms with E-state index < -0.39 is 72.5 Å². The summed E-state index contributed by atoms with van der Waals surface area (Å²) in [7, 11) is 2.90. The molecule has 0 radical (unpaired) electrons. The average Bonchev–Trinajstić information content (AvgIpc) is 3.58. The molecule has 1 aromatic heterocycles. The molecule has 1 aliphatic carbocycles. The van der Waals surface area contributed by atoms with Crippen LogP contribution in [0.15, 0.2) is 36.4 Å². The molecule has 2 aromatic rings. The van der Waals surface area contributed by atoms with E-state index in [1.165, 1.54) is 24.0 Å². The number of aromatic nitrogens is 1. The Balaban J connectivity index is 1.51. The number of likely N-dealkylation sites (N-methyl/N-ethyl adjacent to an activating group) is 1. The molecule has 5 amide bonds. The Morgan fingerprint density at radius 1 is 1.06 bits per heavy atom. The van der Waals surface area contributed by atoms with Crippen LogP contribution in [0.25, 0.3) is 0 Å². The fraction of sp³-hybridized carbons (Fsp3) is 0.568. The van der Waals surface area contributed by atoms with Crippen LogP contribution in [-0.4, -0.2) is 120 Å². The maximum Gasteiger partial charge on any atom is 0.259 e. The Labute approximate surface area is 298 Å². The number of hydrogen-bond acceptors (Lipinski definition) is 9. The third kappa shape index (κ3) is 9.03. The SMILES string of the molecule is COc1nc2c(cc1C(=O)N1CC(=O)N[C@H](CC(C)C)C(=O)N(C)[C@@H](C)C(=O)N[C@@H](Cc3ccccc3)C(=O)N[C@H]3CCO[C@H](C1)[C@H]3O)CCC2. The van der Waals surface area contributed by atoms with E-state index in [1.807, 2.05) is 44.2 Å². The third-order valence-corrected chi connectivity index (χ3v) is 9.91. The molecule has 0 spiro atoms. The lowest BCUT2D eigenvalue weighted by Crippen LogP contribution is -2.60. The Hall–Kier alpha value is -4.56. The largest absolute Gasteiger partial charge is 0.480 e. The van der Waals surface area contributed by atoms with Crippen molar-refractivity contribution >= 4 is 29.5 Å². The second-order valence-electron chi connectivity index (χ2n) is 14.1. The number of rotatable bonds is 6. The molecule has 51 heavy (non-hydrogen) atoms. The van der Waals surface area contributed by atoms with Gasteiger partial charge in [0.2, 0.25) is 29.5 Å². The van der Waals surface area contributed by atoms with Crippen molar-refractivity contribution in [3.8, 4) is 5.88 Å². The predicted molar refractivity (Wildman–Crippen MR) is 187 cm³/mol. The Bertz CT molecular complexity index is 1600. The van der Waals surface area contributed by atoms with E-state index in [0.29, 0.717) is 0 Å². The Morgan fingerprint density at radius 2 is 1.80 bits per heavy atom. The van der Waals surface area contributed by atoms with Crippen molar-refractivity contribution in [2.24, 2.45) is 5.92 Å². The number of nitrogens with zero attached hydrogens (tertiary/aromatic N) is 3. The van der Waals surface area contributed by atoms with Gasteiger partial charge in [0.15, 0.2) is 0 Å². The van der Waals surface area contributed by atoms with E-state index in [-0.39, 0.29) is 49.8 Å². The lowest BCUT2D eigenvalue weighted by molar-refractivity contribution is -0.142. The molecule has 2 fully saturated rings. The minimum Gasteiger partial charge on any atom is -0.480 e. The fourth-order valence-corrected chi connectivity index (χ4v) is 6.92. The highest BCUT2D eigenvalue weighted by molar-refractivity contribution is 5.99. The van der Waals surface area contributed by atoms with Gasteiger partial charge >= 0.3 is 0 Å². The van der Waals surface area contributed by atoms with Gasteiger partial charge < -0.3 is 40.3 Å². The quantitative estimate of drug-likeness (QED) is 0.338. The number of benzene rings is 1. The number of ether oxygens (including phenoxy) is 2. The summed E-state index contributed by atoms with van der Waals surface area (Å²) in [5, 5.41) is 20.1. The van der Waals surface area contributed by atoms with Crippen molar-refractivity contribution in [2.45, 2.75) is 95.7 Å². The molecule has 6 atom stereocenters. The van der Waals surface area contributed by atoms with Gasteiger partial charge in [0.25, 0.3) is 5.91 Å². The minimum atomic E-state index is -1.26. The fourth-order valence-electron chi connectivity index (χ4n) is 6.92. The van der Waals surface area contributed by atoms with Crippen molar-refractivity contribution in [3.63, 3.8) is 0 Å². The lowest BCUT2D eigenvalue weighted by Gasteiger charge is -2.38. The zero-order valence-corrected chi connectivity index (χ0v) is 30.0. The van der Waals surface area contributed by atoms with Gasteiger partial charge in [-0.15, -0.1) is 0 Å². The van der Waals surface area contributed by atoms with E-state index in [2.05, 4.69) is 20.9 Å². The van der Waals surface area contributed by atoms with Crippen molar-refractivity contribution in [3.05, 3.63) is 58.8 Å². The molecule has 4 N–H and O–H groups in total. The standard InChI is InChI=1S/C37H50N6O8/c1-21(2)16-29-37(49)42(4)22(3)33(46)40-28(17-23-10-7-6-8-11-23)34(47)39-27-14-15-51-30(32(27)45)19-43(20-31(44)38-29)36(48)25-18-24-12-9-13-26(24)41-35(25)50-5/h6-8,10-11,18,21-22,27-30,32,45H,9,12-17,19-20H2,1-5H3,(H,38,44)(H,39,47)(H,40,46)/t22-,27-,28-,29+,30+,32-/m0/s1. The van der Waals surface area contributed by atoms with Crippen LogP contribution >= 0.6 is 0 Å². The summed E-state index contributed by atoms with van der Waals surface area (Å²) in [5.74, 6) is -2.61. The topological polar surface area (TPSA) is 179 Å². The van der Waals surface area contributed by atoms with E-state index in [1.54, 1.807) is 13.0 Å². The van der Waals surface area contributed by atoms with E-state index in [4.69, 9.17) is 9.47 Å². The average molecular weight is 707 g/mol. The van der Waals surface area contributed by atoms with Crippen LogP contribution in [-0.2, 0) is 43.2 Å². The highest BCUT2D eigenvalue weighted by atomic mass is 16.5. The van der Waals surface area contributed by atoms with Crippen LogP contribution in [0.4, 0.5) is 0 Å². The maximum atomic E-state index is 14.3. The van der Waals surface area contributed by atoms with E-state index >= 15 is 0 Å². The monoisotopic (exact) mass is 706 g/mol.